The minimum Gasteiger partial charge on any atom is -0.338 e. The molecule has 0 unspecified atom stereocenters. The molecule has 27 heavy (non-hydrogen) atoms. The molecule has 0 spiro atoms. The number of nitrogens with one attached hydrogen (secondary N) is 1. The maximum absolute atomic E-state index is 4.90. The number of likely N-dealkylation sites (N-methyl/N-ethyl adjacent to an activating group) is 1. The van der Waals surface area contributed by atoms with Crippen LogP contribution in [0.1, 0.15) is 11.3 Å². The van der Waals surface area contributed by atoms with Gasteiger partial charge in [0, 0.05) is 61.0 Å². The zero-order valence-electron chi connectivity index (χ0n) is 16.1. The SMILES string of the molecule is CSCCn1nc(Nc2ccc(-c3cnn(C)c3)cc2)c2c1CCN(C)C2. The van der Waals surface area contributed by atoms with Gasteiger partial charge in [-0.2, -0.15) is 22.0 Å². The first kappa shape index (κ1) is 18.1. The van der Waals surface area contributed by atoms with Gasteiger partial charge < -0.3 is 10.2 Å². The van der Waals surface area contributed by atoms with Crippen LogP contribution in [0, 0.1) is 0 Å². The summed E-state index contributed by atoms with van der Waals surface area (Å²) < 4.78 is 4.02. The van der Waals surface area contributed by atoms with Gasteiger partial charge in [-0.1, -0.05) is 12.1 Å². The molecule has 0 aliphatic carbocycles. The van der Waals surface area contributed by atoms with Crippen molar-refractivity contribution in [1.82, 2.24) is 24.5 Å². The van der Waals surface area contributed by atoms with Crippen molar-refractivity contribution in [2.24, 2.45) is 7.05 Å². The largest absolute Gasteiger partial charge is 0.338 e. The Morgan fingerprint density at radius 1 is 1.15 bits per heavy atom. The molecule has 3 heterocycles. The first-order valence-corrected chi connectivity index (χ1v) is 10.7. The van der Waals surface area contributed by atoms with E-state index in [4.69, 9.17) is 5.10 Å². The second kappa shape index (κ2) is 7.78. The molecule has 0 bridgehead atoms. The molecule has 0 amide bonds. The molecule has 142 valence electrons. The van der Waals surface area contributed by atoms with Crippen LogP contribution in [0.4, 0.5) is 11.5 Å². The highest BCUT2D eigenvalue weighted by Gasteiger charge is 2.23. The first-order valence-electron chi connectivity index (χ1n) is 9.26. The maximum atomic E-state index is 4.90. The van der Waals surface area contributed by atoms with E-state index in [1.807, 2.05) is 35.9 Å². The van der Waals surface area contributed by atoms with Gasteiger partial charge in [0.05, 0.1) is 12.7 Å². The Morgan fingerprint density at radius 2 is 1.96 bits per heavy atom. The highest BCUT2D eigenvalue weighted by molar-refractivity contribution is 7.98. The predicted octanol–water partition coefficient (Wildman–Crippen LogP) is 3.38. The fourth-order valence-corrected chi connectivity index (χ4v) is 3.90. The lowest BCUT2D eigenvalue weighted by molar-refractivity contribution is 0.308. The standard InChI is InChI=1S/C20H26N6S/c1-24-9-8-19-18(14-24)20(23-26(19)10-11-27-3)22-17-6-4-15(5-7-17)16-12-21-25(2)13-16/h4-7,12-13H,8-11,14H2,1-3H3,(H,22,23). The van der Waals surface area contributed by atoms with E-state index in [0.29, 0.717) is 0 Å². The molecule has 7 heteroatoms. The number of nitrogens with zero attached hydrogens (tertiary/aromatic N) is 5. The van der Waals surface area contributed by atoms with E-state index in [1.165, 1.54) is 16.8 Å². The number of hydrogen-bond acceptors (Lipinski definition) is 5. The Bertz CT molecular complexity index is 911. The minimum atomic E-state index is 0.949. The molecule has 1 N–H and O–H groups in total. The topological polar surface area (TPSA) is 50.9 Å². The molecule has 0 radical (unpaired) electrons. The zero-order valence-corrected chi connectivity index (χ0v) is 17.0. The highest BCUT2D eigenvalue weighted by atomic mass is 32.2. The van der Waals surface area contributed by atoms with Crippen LogP contribution in [0.2, 0.25) is 0 Å². The van der Waals surface area contributed by atoms with Crippen molar-refractivity contribution < 1.29 is 0 Å². The summed E-state index contributed by atoms with van der Waals surface area (Å²) in [5, 5.41) is 12.7. The van der Waals surface area contributed by atoms with Crippen molar-refractivity contribution in [1.29, 1.82) is 0 Å². The second-order valence-electron chi connectivity index (χ2n) is 7.08. The third-order valence-corrected chi connectivity index (χ3v) is 5.61. The molecule has 6 nitrogen and oxygen atoms in total. The first-order chi connectivity index (χ1) is 13.1. The summed E-state index contributed by atoms with van der Waals surface area (Å²) in [5.74, 6) is 2.08. The number of benzene rings is 1. The lowest BCUT2D eigenvalue weighted by Crippen LogP contribution is -2.27. The van der Waals surface area contributed by atoms with Crippen LogP contribution in [0.25, 0.3) is 11.1 Å². The van der Waals surface area contributed by atoms with Crippen molar-refractivity contribution in [3.63, 3.8) is 0 Å². The van der Waals surface area contributed by atoms with E-state index in [-0.39, 0.29) is 0 Å². The van der Waals surface area contributed by atoms with E-state index in [2.05, 4.69) is 57.6 Å². The normalized spacial score (nSPS) is 14.3. The molecular weight excluding hydrogens is 356 g/mol. The molecule has 1 aliphatic heterocycles. The third-order valence-electron chi connectivity index (χ3n) is 5.02. The number of hydrogen-bond donors (Lipinski definition) is 1. The Hall–Kier alpha value is -2.25. The maximum Gasteiger partial charge on any atom is 0.157 e. The lowest BCUT2D eigenvalue weighted by Gasteiger charge is -2.23. The van der Waals surface area contributed by atoms with Crippen molar-refractivity contribution in [2.75, 3.05) is 30.9 Å². The van der Waals surface area contributed by atoms with Gasteiger partial charge in [0.2, 0.25) is 0 Å². The average molecular weight is 383 g/mol. The molecule has 0 fully saturated rings. The summed E-state index contributed by atoms with van der Waals surface area (Å²) in [5.41, 5.74) is 6.08. The number of aryl methyl sites for hydroxylation is 2. The number of rotatable bonds is 6. The van der Waals surface area contributed by atoms with Crippen LogP contribution in [0.3, 0.4) is 0 Å². The number of anilines is 2. The van der Waals surface area contributed by atoms with Crippen LogP contribution >= 0.6 is 11.8 Å². The van der Waals surface area contributed by atoms with Crippen molar-refractivity contribution in [3.8, 4) is 11.1 Å². The Kier molecular flexibility index (Phi) is 5.22. The summed E-state index contributed by atoms with van der Waals surface area (Å²) in [6.45, 7) is 3.01. The van der Waals surface area contributed by atoms with Crippen molar-refractivity contribution >= 4 is 23.3 Å². The lowest BCUT2D eigenvalue weighted by atomic mass is 10.1. The van der Waals surface area contributed by atoms with Crippen LogP contribution in [-0.2, 0) is 26.6 Å². The number of aromatic nitrogens is 4. The zero-order chi connectivity index (χ0) is 18.8. The number of fused-ring (bicyclic) bond motifs is 1. The molecule has 1 aliphatic rings. The molecule has 3 aromatic rings. The monoisotopic (exact) mass is 382 g/mol. The second-order valence-corrected chi connectivity index (χ2v) is 8.07. The van der Waals surface area contributed by atoms with Crippen LogP contribution < -0.4 is 5.32 Å². The van der Waals surface area contributed by atoms with Gasteiger partial charge in [-0.05, 0) is 31.0 Å². The van der Waals surface area contributed by atoms with Gasteiger partial charge in [0.25, 0.3) is 0 Å². The van der Waals surface area contributed by atoms with E-state index in [1.54, 1.807) is 0 Å². The van der Waals surface area contributed by atoms with Crippen molar-refractivity contribution in [3.05, 3.63) is 47.9 Å². The molecule has 1 aromatic carbocycles. The van der Waals surface area contributed by atoms with E-state index >= 15 is 0 Å². The fourth-order valence-electron chi connectivity index (χ4n) is 3.54. The molecule has 2 aromatic heterocycles. The number of thioether (sulfide) groups is 1. The Labute approximate surface area is 164 Å². The van der Waals surface area contributed by atoms with Crippen molar-refractivity contribution in [2.45, 2.75) is 19.5 Å². The van der Waals surface area contributed by atoms with Gasteiger partial charge in [-0.15, -0.1) is 0 Å². The Morgan fingerprint density at radius 3 is 2.67 bits per heavy atom. The third kappa shape index (κ3) is 3.89. The van der Waals surface area contributed by atoms with E-state index in [9.17, 15) is 0 Å². The molecular formula is C20H26N6S. The van der Waals surface area contributed by atoms with Gasteiger partial charge in [0.15, 0.2) is 5.82 Å². The fraction of sp³-hybridized carbons (Fsp3) is 0.400. The molecule has 0 saturated heterocycles. The minimum absolute atomic E-state index is 0.949. The summed E-state index contributed by atoms with van der Waals surface area (Å²) in [6, 6.07) is 8.48. The van der Waals surface area contributed by atoms with Gasteiger partial charge in [-0.3, -0.25) is 9.36 Å². The molecule has 0 atom stereocenters. The quantitative estimate of drug-likeness (QED) is 0.708. The summed E-state index contributed by atoms with van der Waals surface area (Å²) in [7, 11) is 4.11. The highest BCUT2D eigenvalue weighted by Crippen LogP contribution is 2.29. The van der Waals surface area contributed by atoms with Crippen LogP contribution in [0.15, 0.2) is 36.7 Å². The van der Waals surface area contributed by atoms with Gasteiger partial charge >= 0.3 is 0 Å². The van der Waals surface area contributed by atoms with Gasteiger partial charge in [0.1, 0.15) is 0 Å². The Balaban J connectivity index is 1.57. The van der Waals surface area contributed by atoms with Crippen LogP contribution in [0.5, 0.6) is 0 Å². The smallest absolute Gasteiger partial charge is 0.157 e. The summed E-state index contributed by atoms with van der Waals surface area (Å²) in [4.78, 5) is 2.36. The van der Waals surface area contributed by atoms with E-state index < -0.39 is 0 Å². The van der Waals surface area contributed by atoms with Gasteiger partial charge in [-0.25, -0.2) is 0 Å². The average Bonchev–Trinajstić information content (AvgIpc) is 3.24. The summed E-state index contributed by atoms with van der Waals surface area (Å²) >= 11 is 1.86. The van der Waals surface area contributed by atoms with Crippen LogP contribution in [-0.4, -0.2) is 50.1 Å². The summed E-state index contributed by atoms with van der Waals surface area (Å²) in [6.07, 6.45) is 7.13. The predicted molar refractivity (Wildman–Crippen MR) is 113 cm³/mol. The van der Waals surface area contributed by atoms with E-state index in [0.717, 1.165) is 48.9 Å². The molecule has 4 rings (SSSR count). The molecule has 0 saturated carbocycles.